The van der Waals surface area contributed by atoms with Crippen LogP contribution in [0.15, 0.2) is 46.3 Å². The first-order valence-electron chi connectivity index (χ1n) is 9.65. The maximum Gasteiger partial charge on any atom is 0.134 e. The van der Waals surface area contributed by atoms with Crippen LogP contribution in [-0.2, 0) is 0 Å². The third-order valence-corrected chi connectivity index (χ3v) is 6.16. The van der Waals surface area contributed by atoms with Gasteiger partial charge in [-0.15, -0.1) is 11.8 Å². The third-order valence-electron chi connectivity index (χ3n) is 5.38. The van der Waals surface area contributed by atoms with Crippen LogP contribution in [0.2, 0.25) is 0 Å². The van der Waals surface area contributed by atoms with E-state index in [2.05, 4.69) is 37.6 Å². The van der Waals surface area contributed by atoms with Gasteiger partial charge in [0.15, 0.2) is 0 Å². The Morgan fingerprint density at radius 2 is 2.04 bits per heavy atom. The molecule has 2 nitrogen and oxygen atoms in total. The van der Waals surface area contributed by atoms with Crippen LogP contribution in [0.1, 0.15) is 57.6 Å². The fourth-order valence-corrected chi connectivity index (χ4v) is 4.69. The minimum Gasteiger partial charge on any atom is -0.366 e. The van der Waals surface area contributed by atoms with Crippen LogP contribution in [0.5, 0.6) is 0 Å². The summed E-state index contributed by atoms with van der Waals surface area (Å²) in [6.45, 7) is 9.88. The Hall–Kier alpha value is -1.81. The summed E-state index contributed by atoms with van der Waals surface area (Å²) in [4.78, 5) is 8.03. The SMILES string of the molecule is CCCN1c2cc(F)c(C=Nc3ccccc3SC)cc2C(C)CC1(C)C. The molecule has 1 aliphatic rings. The molecule has 144 valence electrons. The summed E-state index contributed by atoms with van der Waals surface area (Å²) in [5, 5.41) is 0. The average Bonchev–Trinajstić information content (AvgIpc) is 2.63. The van der Waals surface area contributed by atoms with E-state index >= 15 is 0 Å². The molecule has 2 aromatic rings. The van der Waals surface area contributed by atoms with Gasteiger partial charge in [0.2, 0.25) is 0 Å². The Bertz CT molecular complexity index is 844. The number of hydrogen-bond acceptors (Lipinski definition) is 3. The van der Waals surface area contributed by atoms with Gasteiger partial charge in [-0.05, 0) is 68.7 Å². The van der Waals surface area contributed by atoms with Crippen molar-refractivity contribution in [2.24, 2.45) is 4.99 Å². The van der Waals surface area contributed by atoms with Gasteiger partial charge in [-0.1, -0.05) is 26.0 Å². The molecule has 0 saturated heterocycles. The van der Waals surface area contributed by atoms with Crippen LogP contribution < -0.4 is 4.90 Å². The molecule has 0 fully saturated rings. The summed E-state index contributed by atoms with van der Waals surface area (Å²) >= 11 is 1.65. The Morgan fingerprint density at radius 1 is 1.30 bits per heavy atom. The molecule has 1 unspecified atom stereocenters. The van der Waals surface area contributed by atoms with E-state index in [1.165, 1.54) is 5.56 Å². The quantitative estimate of drug-likeness (QED) is 0.416. The van der Waals surface area contributed by atoms with Crippen LogP contribution in [-0.4, -0.2) is 24.6 Å². The first kappa shape index (κ1) is 19.9. The van der Waals surface area contributed by atoms with Crippen molar-refractivity contribution < 1.29 is 4.39 Å². The summed E-state index contributed by atoms with van der Waals surface area (Å²) in [6.07, 6.45) is 5.81. The Kier molecular flexibility index (Phi) is 5.95. The number of hydrogen-bond donors (Lipinski definition) is 0. The molecule has 1 heterocycles. The summed E-state index contributed by atoms with van der Waals surface area (Å²) in [5.74, 6) is 0.194. The molecule has 1 atom stereocenters. The Morgan fingerprint density at radius 3 is 2.74 bits per heavy atom. The van der Waals surface area contributed by atoms with E-state index in [1.807, 2.05) is 36.6 Å². The number of para-hydroxylation sites is 1. The molecule has 3 rings (SSSR count). The van der Waals surface area contributed by atoms with Crippen molar-refractivity contribution in [3.63, 3.8) is 0 Å². The number of nitrogens with zero attached hydrogens (tertiary/aromatic N) is 2. The molecule has 0 bridgehead atoms. The predicted molar refractivity (Wildman–Crippen MR) is 117 cm³/mol. The van der Waals surface area contributed by atoms with Crippen LogP contribution in [0, 0.1) is 5.82 Å². The molecule has 27 heavy (non-hydrogen) atoms. The van der Waals surface area contributed by atoms with Gasteiger partial charge < -0.3 is 4.90 Å². The van der Waals surface area contributed by atoms with Crippen molar-refractivity contribution in [2.45, 2.75) is 56.9 Å². The zero-order valence-electron chi connectivity index (χ0n) is 16.9. The summed E-state index contributed by atoms with van der Waals surface area (Å²) in [5.41, 5.74) is 3.75. The number of anilines is 1. The largest absolute Gasteiger partial charge is 0.366 e. The highest BCUT2D eigenvalue weighted by atomic mass is 32.2. The summed E-state index contributed by atoms with van der Waals surface area (Å²) < 4.78 is 14.9. The van der Waals surface area contributed by atoms with Crippen molar-refractivity contribution in [1.29, 1.82) is 0 Å². The third kappa shape index (κ3) is 4.06. The molecule has 1 aliphatic heterocycles. The van der Waals surface area contributed by atoms with Crippen molar-refractivity contribution in [3.05, 3.63) is 53.3 Å². The lowest BCUT2D eigenvalue weighted by molar-refractivity contribution is 0.375. The number of rotatable bonds is 5. The van der Waals surface area contributed by atoms with Gasteiger partial charge in [0.25, 0.3) is 0 Å². The Balaban J connectivity index is 2.01. The zero-order valence-corrected chi connectivity index (χ0v) is 17.7. The van der Waals surface area contributed by atoms with E-state index in [1.54, 1.807) is 24.0 Å². The molecule has 0 aromatic heterocycles. The molecule has 0 spiro atoms. The first-order valence-corrected chi connectivity index (χ1v) is 10.9. The molecule has 4 heteroatoms. The second-order valence-corrected chi connectivity index (χ2v) is 8.78. The van der Waals surface area contributed by atoms with Crippen molar-refractivity contribution >= 4 is 29.4 Å². The van der Waals surface area contributed by atoms with Crippen molar-refractivity contribution in [2.75, 3.05) is 17.7 Å². The van der Waals surface area contributed by atoms with E-state index in [4.69, 9.17) is 0 Å². The molecular weight excluding hydrogens is 355 g/mol. The lowest BCUT2D eigenvalue weighted by Gasteiger charge is -2.47. The number of aliphatic imine (C=N–C) groups is 1. The second kappa shape index (κ2) is 8.05. The molecule has 2 aromatic carbocycles. The standard InChI is InChI=1S/C23H29FN2S/c1-6-11-26-21-13-19(24)17(12-18(21)16(2)14-23(26,3)4)15-25-20-9-7-8-10-22(20)27-5/h7-10,12-13,15-16H,6,11,14H2,1-5H3. The van der Waals surface area contributed by atoms with Crippen LogP contribution in [0.4, 0.5) is 15.8 Å². The van der Waals surface area contributed by atoms with Gasteiger partial charge in [0.05, 0.1) is 5.69 Å². The average molecular weight is 385 g/mol. The van der Waals surface area contributed by atoms with Gasteiger partial charge in [0.1, 0.15) is 5.82 Å². The van der Waals surface area contributed by atoms with Crippen LogP contribution >= 0.6 is 11.8 Å². The topological polar surface area (TPSA) is 15.6 Å². The van der Waals surface area contributed by atoms with Crippen molar-refractivity contribution in [3.8, 4) is 0 Å². The van der Waals surface area contributed by atoms with Crippen LogP contribution in [0.3, 0.4) is 0 Å². The van der Waals surface area contributed by atoms with E-state index in [9.17, 15) is 4.39 Å². The number of halogens is 1. The Labute approximate surface area is 166 Å². The van der Waals surface area contributed by atoms with Gasteiger partial charge in [0, 0.05) is 34.4 Å². The van der Waals surface area contributed by atoms with E-state index < -0.39 is 0 Å². The highest BCUT2D eigenvalue weighted by Crippen LogP contribution is 2.44. The number of benzene rings is 2. The minimum atomic E-state index is -0.204. The van der Waals surface area contributed by atoms with Gasteiger partial charge >= 0.3 is 0 Å². The fourth-order valence-electron chi connectivity index (χ4n) is 4.14. The predicted octanol–water partition coefficient (Wildman–Crippen LogP) is 6.80. The molecule has 0 saturated carbocycles. The fraction of sp³-hybridized carbons (Fsp3) is 0.435. The van der Waals surface area contributed by atoms with E-state index in [0.717, 1.165) is 35.7 Å². The molecule has 0 aliphatic carbocycles. The first-order chi connectivity index (χ1) is 12.9. The number of thioether (sulfide) groups is 1. The lowest BCUT2D eigenvalue weighted by atomic mass is 9.79. The van der Waals surface area contributed by atoms with Gasteiger partial charge in [-0.2, -0.15) is 0 Å². The maximum absolute atomic E-state index is 14.9. The smallest absolute Gasteiger partial charge is 0.134 e. The monoisotopic (exact) mass is 384 g/mol. The number of fused-ring (bicyclic) bond motifs is 1. The maximum atomic E-state index is 14.9. The van der Waals surface area contributed by atoms with Crippen LogP contribution in [0.25, 0.3) is 0 Å². The zero-order chi connectivity index (χ0) is 19.6. The molecule has 0 amide bonds. The minimum absolute atomic E-state index is 0.0434. The highest BCUT2D eigenvalue weighted by Gasteiger charge is 2.36. The molecular formula is C23H29FN2S. The van der Waals surface area contributed by atoms with E-state index in [-0.39, 0.29) is 11.4 Å². The highest BCUT2D eigenvalue weighted by molar-refractivity contribution is 7.98. The van der Waals surface area contributed by atoms with Crippen molar-refractivity contribution in [1.82, 2.24) is 0 Å². The van der Waals surface area contributed by atoms with Gasteiger partial charge in [-0.25, -0.2) is 4.39 Å². The lowest BCUT2D eigenvalue weighted by Crippen LogP contribution is -2.48. The summed E-state index contributed by atoms with van der Waals surface area (Å²) in [7, 11) is 0. The molecule has 0 radical (unpaired) electrons. The normalized spacial score (nSPS) is 18.7. The second-order valence-electron chi connectivity index (χ2n) is 7.93. The van der Waals surface area contributed by atoms with Gasteiger partial charge in [-0.3, -0.25) is 4.99 Å². The molecule has 0 N–H and O–H groups in total. The summed E-state index contributed by atoms with van der Waals surface area (Å²) in [6, 6.07) is 11.7. The van der Waals surface area contributed by atoms with E-state index in [0.29, 0.717) is 11.5 Å².